The molecule has 1 aliphatic rings. The Morgan fingerprint density at radius 3 is 2.24 bits per heavy atom. The zero-order valence-electron chi connectivity index (χ0n) is 12.6. The third kappa shape index (κ3) is 3.28. The summed E-state index contributed by atoms with van der Waals surface area (Å²) in [7, 11) is 0. The van der Waals surface area contributed by atoms with Crippen LogP contribution < -0.4 is 5.43 Å². The lowest BCUT2D eigenvalue weighted by Gasteiger charge is -2.08. The van der Waals surface area contributed by atoms with E-state index in [1.54, 1.807) is 6.07 Å². The first-order chi connectivity index (χ1) is 11.9. The van der Waals surface area contributed by atoms with Crippen LogP contribution in [-0.2, 0) is 12.8 Å². The van der Waals surface area contributed by atoms with Crippen LogP contribution in [0.5, 0.6) is 0 Å². The van der Waals surface area contributed by atoms with E-state index in [4.69, 9.17) is 0 Å². The number of rotatable bonds is 3. The van der Waals surface area contributed by atoms with Crippen LogP contribution >= 0.6 is 11.3 Å². The standard InChI is InChI=1S/C16H11F5N2OS/c17-11-8(12(18)14(20)15(21)13(11)19)6-22-23-16(24)10-5-7-3-1-2-4-9(7)25-10/h5-6H,1-4H2,(H,23,24). The second kappa shape index (κ2) is 6.91. The van der Waals surface area contributed by atoms with Gasteiger partial charge >= 0.3 is 0 Å². The summed E-state index contributed by atoms with van der Waals surface area (Å²) in [5.74, 6) is -11.0. The molecule has 0 atom stereocenters. The normalized spacial score (nSPS) is 14.0. The Kier molecular flexibility index (Phi) is 4.85. The van der Waals surface area contributed by atoms with Crippen LogP contribution in [0.4, 0.5) is 22.0 Å². The third-order valence-electron chi connectivity index (χ3n) is 3.82. The van der Waals surface area contributed by atoms with E-state index >= 15 is 0 Å². The van der Waals surface area contributed by atoms with Crippen molar-refractivity contribution in [2.75, 3.05) is 0 Å². The molecule has 9 heteroatoms. The first kappa shape index (κ1) is 17.5. The molecule has 0 aliphatic heterocycles. The number of halogens is 5. The molecule has 3 rings (SSSR count). The maximum Gasteiger partial charge on any atom is 0.281 e. The highest BCUT2D eigenvalue weighted by atomic mass is 32.1. The van der Waals surface area contributed by atoms with Crippen molar-refractivity contribution in [2.45, 2.75) is 25.7 Å². The molecule has 1 aromatic carbocycles. The van der Waals surface area contributed by atoms with Crippen molar-refractivity contribution in [3.05, 3.63) is 56.0 Å². The number of nitrogens with one attached hydrogen (secondary N) is 1. The molecule has 2 aromatic rings. The molecule has 0 saturated carbocycles. The van der Waals surface area contributed by atoms with Crippen LogP contribution in [0.1, 0.15) is 38.5 Å². The molecule has 1 aliphatic carbocycles. The third-order valence-corrected chi connectivity index (χ3v) is 5.06. The average Bonchev–Trinajstić information content (AvgIpc) is 3.05. The van der Waals surface area contributed by atoms with Gasteiger partial charge < -0.3 is 0 Å². The van der Waals surface area contributed by atoms with E-state index < -0.39 is 40.6 Å². The van der Waals surface area contributed by atoms with Crippen molar-refractivity contribution in [2.24, 2.45) is 5.10 Å². The van der Waals surface area contributed by atoms with Crippen molar-refractivity contribution < 1.29 is 26.7 Å². The van der Waals surface area contributed by atoms with E-state index in [9.17, 15) is 26.7 Å². The van der Waals surface area contributed by atoms with Gasteiger partial charge in [-0.2, -0.15) is 5.10 Å². The fraction of sp³-hybridized carbons (Fsp3) is 0.250. The van der Waals surface area contributed by atoms with Gasteiger partial charge in [-0.3, -0.25) is 4.79 Å². The Balaban J connectivity index is 1.77. The number of carbonyl (C=O) groups is 1. The minimum absolute atomic E-state index is 0.376. The minimum Gasteiger partial charge on any atom is -0.266 e. The van der Waals surface area contributed by atoms with Crippen LogP contribution in [0.15, 0.2) is 11.2 Å². The lowest BCUT2D eigenvalue weighted by Crippen LogP contribution is -2.17. The van der Waals surface area contributed by atoms with E-state index in [-0.39, 0.29) is 0 Å². The molecule has 0 radical (unpaired) electrons. The summed E-state index contributed by atoms with van der Waals surface area (Å²) in [5, 5.41) is 3.30. The van der Waals surface area contributed by atoms with E-state index in [1.165, 1.54) is 11.3 Å². The summed E-state index contributed by atoms with van der Waals surface area (Å²) in [6.45, 7) is 0. The topological polar surface area (TPSA) is 41.5 Å². The number of nitrogens with zero attached hydrogens (tertiary/aromatic N) is 1. The molecule has 1 heterocycles. The molecule has 25 heavy (non-hydrogen) atoms. The van der Waals surface area contributed by atoms with Gasteiger partial charge in [0.25, 0.3) is 5.91 Å². The van der Waals surface area contributed by atoms with Crippen molar-refractivity contribution in [1.82, 2.24) is 5.43 Å². The summed E-state index contributed by atoms with van der Waals surface area (Å²) >= 11 is 1.30. The van der Waals surface area contributed by atoms with Crippen LogP contribution in [0, 0.1) is 29.1 Å². The molecule has 1 aromatic heterocycles. The highest BCUT2D eigenvalue weighted by Gasteiger charge is 2.24. The number of fused-ring (bicyclic) bond motifs is 1. The van der Waals surface area contributed by atoms with Gasteiger partial charge in [0.05, 0.1) is 16.7 Å². The van der Waals surface area contributed by atoms with E-state index in [0.29, 0.717) is 11.1 Å². The highest BCUT2D eigenvalue weighted by molar-refractivity contribution is 7.14. The molecule has 1 amide bonds. The summed E-state index contributed by atoms with van der Waals surface area (Å²) in [5.41, 5.74) is 1.90. The van der Waals surface area contributed by atoms with Crippen LogP contribution in [-0.4, -0.2) is 12.1 Å². The monoisotopic (exact) mass is 374 g/mol. The van der Waals surface area contributed by atoms with Crippen molar-refractivity contribution in [3.63, 3.8) is 0 Å². The van der Waals surface area contributed by atoms with Gasteiger partial charge in [0.2, 0.25) is 5.82 Å². The second-order valence-electron chi connectivity index (χ2n) is 5.45. The lowest BCUT2D eigenvalue weighted by atomic mass is 9.99. The molecule has 0 saturated heterocycles. The Labute approximate surface area is 143 Å². The molecule has 132 valence electrons. The van der Waals surface area contributed by atoms with Gasteiger partial charge in [0, 0.05) is 4.88 Å². The smallest absolute Gasteiger partial charge is 0.266 e. The fourth-order valence-corrected chi connectivity index (χ4v) is 3.69. The van der Waals surface area contributed by atoms with Gasteiger partial charge in [0.15, 0.2) is 23.3 Å². The van der Waals surface area contributed by atoms with Crippen LogP contribution in [0.3, 0.4) is 0 Å². The molecule has 3 nitrogen and oxygen atoms in total. The molecule has 0 spiro atoms. The molecule has 0 fully saturated rings. The number of thiophene rings is 1. The van der Waals surface area contributed by atoms with Gasteiger partial charge in [-0.1, -0.05) is 0 Å². The Morgan fingerprint density at radius 1 is 1.00 bits per heavy atom. The summed E-state index contributed by atoms with van der Waals surface area (Å²) in [6.07, 6.45) is 4.26. The number of benzene rings is 1. The first-order valence-corrected chi connectivity index (χ1v) is 8.18. The number of hydrogen-bond acceptors (Lipinski definition) is 3. The van der Waals surface area contributed by atoms with Crippen molar-refractivity contribution >= 4 is 23.5 Å². The number of aryl methyl sites for hydroxylation is 2. The van der Waals surface area contributed by atoms with E-state index in [0.717, 1.165) is 36.1 Å². The first-order valence-electron chi connectivity index (χ1n) is 7.36. The number of carbonyl (C=O) groups excluding carboxylic acids is 1. The Morgan fingerprint density at radius 2 is 1.60 bits per heavy atom. The second-order valence-corrected chi connectivity index (χ2v) is 6.59. The molecular weight excluding hydrogens is 363 g/mol. The predicted octanol–water partition coefficient (Wildman–Crippen LogP) is 4.09. The lowest BCUT2D eigenvalue weighted by molar-refractivity contribution is 0.0959. The predicted molar refractivity (Wildman–Crippen MR) is 82.3 cm³/mol. The van der Waals surface area contributed by atoms with Crippen molar-refractivity contribution in [1.29, 1.82) is 0 Å². The molecule has 1 N–H and O–H groups in total. The molecular formula is C16H11F5N2OS. The van der Waals surface area contributed by atoms with Crippen LogP contribution in [0.25, 0.3) is 0 Å². The van der Waals surface area contributed by atoms with E-state index in [2.05, 4.69) is 5.10 Å². The van der Waals surface area contributed by atoms with Gasteiger partial charge in [0.1, 0.15) is 0 Å². The average molecular weight is 374 g/mol. The zero-order valence-corrected chi connectivity index (χ0v) is 13.5. The SMILES string of the molecule is O=C(NN=Cc1c(F)c(F)c(F)c(F)c1F)c1cc2c(s1)CCCC2. The number of hydrogen-bond donors (Lipinski definition) is 1. The van der Waals surface area contributed by atoms with Gasteiger partial charge in [-0.15, -0.1) is 11.3 Å². The quantitative estimate of drug-likeness (QED) is 0.284. The summed E-state index contributed by atoms with van der Waals surface area (Å²) in [4.78, 5) is 13.5. The summed E-state index contributed by atoms with van der Waals surface area (Å²) in [6, 6.07) is 1.72. The maximum absolute atomic E-state index is 13.5. The fourth-order valence-electron chi connectivity index (χ4n) is 2.55. The molecule has 0 bridgehead atoms. The molecule has 0 unspecified atom stereocenters. The van der Waals surface area contributed by atoms with Gasteiger partial charge in [-0.05, 0) is 37.3 Å². The van der Waals surface area contributed by atoms with Crippen LogP contribution in [0.2, 0.25) is 0 Å². The minimum atomic E-state index is -2.25. The highest BCUT2D eigenvalue weighted by Crippen LogP contribution is 2.29. The number of amides is 1. The van der Waals surface area contributed by atoms with Crippen molar-refractivity contribution in [3.8, 4) is 0 Å². The summed E-state index contributed by atoms with van der Waals surface area (Å²) < 4.78 is 66.1. The maximum atomic E-state index is 13.5. The Bertz CT molecular complexity index is 825. The zero-order chi connectivity index (χ0) is 18.1. The van der Waals surface area contributed by atoms with E-state index in [1.807, 2.05) is 5.43 Å². The Hall–Kier alpha value is -2.29. The number of hydrazone groups is 1. The van der Waals surface area contributed by atoms with Gasteiger partial charge in [-0.25, -0.2) is 27.4 Å². The largest absolute Gasteiger partial charge is 0.281 e.